The lowest BCUT2D eigenvalue weighted by molar-refractivity contribution is -0.0776. The Balaban J connectivity index is 2.02. The molecule has 0 aliphatic heterocycles. The molecule has 3 nitrogen and oxygen atoms in total. The first-order chi connectivity index (χ1) is 13.3. The van der Waals surface area contributed by atoms with Gasteiger partial charge in [-0.25, -0.2) is 4.39 Å². The molecule has 0 aliphatic rings. The van der Waals surface area contributed by atoms with Crippen LogP contribution in [0.25, 0.3) is 10.9 Å². The highest BCUT2D eigenvalue weighted by molar-refractivity contribution is 5.83. The Bertz CT molecular complexity index is 1030. The molecule has 0 radical (unpaired) electrons. The Morgan fingerprint density at radius 3 is 2.38 bits per heavy atom. The highest BCUT2D eigenvalue weighted by Crippen LogP contribution is 2.44. The number of halogens is 1. The van der Waals surface area contributed by atoms with Crippen LogP contribution in [0.1, 0.15) is 63.4 Å². The topological polar surface area (TPSA) is 48.9 Å². The van der Waals surface area contributed by atoms with E-state index < -0.39 is 11.0 Å². The van der Waals surface area contributed by atoms with E-state index in [1.54, 1.807) is 12.3 Å². The smallest absolute Gasteiger partial charge is 0.123 e. The Kier molecular flexibility index (Phi) is 5.37. The molecule has 156 valence electrons. The summed E-state index contributed by atoms with van der Waals surface area (Å²) in [5.74, 6) is -0.239. The zero-order valence-electron chi connectivity index (χ0n) is 18.7. The number of nitrogens with zero attached hydrogens (tertiary/aromatic N) is 1. The number of rotatable bonds is 5. The van der Waals surface area contributed by atoms with Crippen molar-refractivity contribution in [3.8, 4) is 0 Å². The van der Waals surface area contributed by atoms with Gasteiger partial charge in [0.1, 0.15) is 5.82 Å². The number of hydrogen-bond acceptors (Lipinski definition) is 2. The number of nitrogens with one attached hydrogen (secondary N) is 1. The van der Waals surface area contributed by atoms with E-state index in [0.29, 0.717) is 12.8 Å². The minimum absolute atomic E-state index is 0.239. The average molecular weight is 397 g/mol. The standard InChI is InChI=1S/C25H33FN2O/c1-16-8-9-18(26)12-20(16)24(6,7)15-25(29,23(3,4)5)13-21-17(2)19-10-11-27-14-22(19)28-21/h8-12,14,28-29H,13,15H2,1-7H3. The van der Waals surface area contributed by atoms with Gasteiger partial charge in [0.15, 0.2) is 0 Å². The SMILES string of the molecule is Cc1ccc(F)cc1C(C)(C)CC(O)(Cc1[nH]c2cnccc2c1C)C(C)(C)C. The number of fused-ring (bicyclic) bond motifs is 1. The Labute approximate surface area is 173 Å². The van der Waals surface area contributed by atoms with Crippen LogP contribution >= 0.6 is 0 Å². The van der Waals surface area contributed by atoms with Gasteiger partial charge in [-0.15, -0.1) is 0 Å². The molecular formula is C25H33FN2O. The number of aromatic nitrogens is 2. The Morgan fingerprint density at radius 2 is 1.76 bits per heavy atom. The monoisotopic (exact) mass is 396 g/mol. The summed E-state index contributed by atoms with van der Waals surface area (Å²) in [5.41, 5.74) is 3.38. The summed E-state index contributed by atoms with van der Waals surface area (Å²) in [6, 6.07) is 6.92. The number of benzene rings is 1. The first-order valence-corrected chi connectivity index (χ1v) is 10.2. The lowest BCUT2D eigenvalue weighted by Gasteiger charge is -2.45. The number of H-pyrrole nitrogens is 1. The largest absolute Gasteiger partial charge is 0.389 e. The third kappa shape index (κ3) is 4.09. The highest BCUT2D eigenvalue weighted by Gasteiger charge is 2.45. The van der Waals surface area contributed by atoms with E-state index in [4.69, 9.17) is 0 Å². The first-order valence-electron chi connectivity index (χ1n) is 10.2. The van der Waals surface area contributed by atoms with Crippen molar-refractivity contribution in [1.82, 2.24) is 9.97 Å². The summed E-state index contributed by atoms with van der Waals surface area (Å²) < 4.78 is 14.0. The van der Waals surface area contributed by atoms with E-state index in [0.717, 1.165) is 33.3 Å². The van der Waals surface area contributed by atoms with Gasteiger partial charge in [0.05, 0.1) is 17.3 Å². The van der Waals surface area contributed by atoms with Crippen LogP contribution < -0.4 is 0 Å². The molecule has 1 aromatic carbocycles. The molecule has 0 saturated carbocycles. The maximum Gasteiger partial charge on any atom is 0.123 e. The molecule has 3 rings (SSSR count). The van der Waals surface area contributed by atoms with Gasteiger partial charge in [-0.1, -0.05) is 40.7 Å². The lowest BCUT2D eigenvalue weighted by Crippen LogP contribution is -2.49. The van der Waals surface area contributed by atoms with Crippen molar-refractivity contribution in [3.63, 3.8) is 0 Å². The van der Waals surface area contributed by atoms with E-state index in [1.807, 2.05) is 25.3 Å². The summed E-state index contributed by atoms with van der Waals surface area (Å²) >= 11 is 0. The molecule has 2 N–H and O–H groups in total. The van der Waals surface area contributed by atoms with E-state index in [1.165, 1.54) is 6.07 Å². The van der Waals surface area contributed by atoms with Crippen molar-refractivity contribution in [1.29, 1.82) is 0 Å². The molecule has 2 heterocycles. The predicted octanol–water partition coefficient (Wildman–Crippen LogP) is 6.01. The van der Waals surface area contributed by atoms with Crippen LogP contribution in [0.2, 0.25) is 0 Å². The quantitative estimate of drug-likeness (QED) is 0.555. The van der Waals surface area contributed by atoms with E-state index in [-0.39, 0.29) is 11.2 Å². The van der Waals surface area contributed by atoms with Crippen LogP contribution in [0.5, 0.6) is 0 Å². The van der Waals surface area contributed by atoms with E-state index in [9.17, 15) is 9.50 Å². The molecule has 0 bridgehead atoms. The molecule has 4 heteroatoms. The molecule has 29 heavy (non-hydrogen) atoms. The first kappa shape index (κ1) is 21.5. The highest BCUT2D eigenvalue weighted by atomic mass is 19.1. The number of hydrogen-bond donors (Lipinski definition) is 2. The fourth-order valence-corrected chi connectivity index (χ4v) is 4.45. The second-order valence-corrected chi connectivity index (χ2v) is 10.1. The van der Waals surface area contributed by atoms with Gasteiger partial charge in [-0.05, 0) is 66.0 Å². The Hall–Kier alpha value is -2.20. The number of aryl methyl sites for hydroxylation is 2. The molecule has 1 atom stereocenters. The zero-order chi connectivity index (χ0) is 21.6. The summed E-state index contributed by atoms with van der Waals surface area (Å²) in [7, 11) is 0. The minimum atomic E-state index is -0.992. The fourth-order valence-electron chi connectivity index (χ4n) is 4.45. The molecule has 1 unspecified atom stereocenters. The molecule has 0 saturated heterocycles. The molecule has 0 fully saturated rings. The van der Waals surface area contributed by atoms with Gasteiger partial charge in [0.25, 0.3) is 0 Å². The summed E-state index contributed by atoms with van der Waals surface area (Å²) in [6.07, 6.45) is 4.62. The van der Waals surface area contributed by atoms with Gasteiger partial charge in [-0.2, -0.15) is 0 Å². The van der Waals surface area contributed by atoms with E-state index >= 15 is 0 Å². The van der Waals surface area contributed by atoms with Gasteiger partial charge in [-0.3, -0.25) is 4.98 Å². The van der Waals surface area contributed by atoms with Gasteiger partial charge < -0.3 is 10.1 Å². The van der Waals surface area contributed by atoms with Crippen molar-refractivity contribution < 1.29 is 9.50 Å². The molecule has 3 aromatic rings. The maximum atomic E-state index is 14.0. The molecule has 0 spiro atoms. The predicted molar refractivity (Wildman–Crippen MR) is 118 cm³/mol. The normalized spacial score (nSPS) is 14.9. The minimum Gasteiger partial charge on any atom is -0.389 e. The second kappa shape index (κ2) is 7.24. The van der Waals surface area contributed by atoms with Crippen LogP contribution in [0, 0.1) is 25.1 Å². The van der Waals surface area contributed by atoms with Gasteiger partial charge in [0.2, 0.25) is 0 Å². The molecule has 2 aromatic heterocycles. The lowest BCUT2D eigenvalue weighted by atomic mass is 9.64. The molecular weight excluding hydrogens is 363 g/mol. The van der Waals surface area contributed by atoms with Crippen molar-refractivity contribution in [2.75, 3.05) is 0 Å². The average Bonchev–Trinajstić information content (AvgIpc) is 2.91. The van der Waals surface area contributed by atoms with Gasteiger partial charge >= 0.3 is 0 Å². The fraction of sp³-hybridized carbons (Fsp3) is 0.480. The number of aliphatic hydroxyl groups is 1. The van der Waals surface area contributed by atoms with Crippen LogP contribution in [0.15, 0.2) is 36.7 Å². The number of aromatic amines is 1. The van der Waals surface area contributed by atoms with Gasteiger partial charge in [0, 0.05) is 23.7 Å². The van der Waals surface area contributed by atoms with Crippen LogP contribution in [0.3, 0.4) is 0 Å². The maximum absolute atomic E-state index is 14.0. The van der Waals surface area contributed by atoms with E-state index in [2.05, 4.69) is 51.5 Å². The van der Waals surface area contributed by atoms with Crippen molar-refractivity contribution in [2.45, 2.75) is 72.3 Å². The molecule has 0 amide bonds. The van der Waals surface area contributed by atoms with Crippen molar-refractivity contribution >= 4 is 10.9 Å². The van der Waals surface area contributed by atoms with Crippen LogP contribution in [-0.2, 0) is 11.8 Å². The van der Waals surface area contributed by atoms with Crippen molar-refractivity contribution in [3.05, 3.63) is 64.9 Å². The third-order valence-corrected chi connectivity index (χ3v) is 6.49. The summed E-state index contributed by atoms with van der Waals surface area (Å²) in [6.45, 7) is 14.5. The van der Waals surface area contributed by atoms with Crippen LogP contribution in [0.4, 0.5) is 4.39 Å². The molecule has 0 aliphatic carbocycles. The summed E-state index contributed by atoms with van der Waals surface area (Å²) in [5, 5.41) is 13.1. The summed E-state index contributed by atoms with van der Waals surface area (Å²) in [4.78, 5) is 7.66. The third-order valence-electron chi connectivity index (χ3n) is 6.49. The second-order valence-electron chi connectivity index (χ2n) is 10.1. The Morgan fingerprint density at radius 1 is 1.07 bits per heavy atom. The zero-order valence-corrected chi connectivity index (χ0v) is 18.7. The number of pyridine rings is 1. The van der Waals surface area contributed by atoms with Crippen molar-refractivity contribution in [2.24, 2.45) is 5.41 Å². The van der Waals surface area contributed by atoms with Crippen LogP contribution in [-0.4, -0.2) is 20.7 Å².